The summed E-state index contributed by atoms with van der Waals surface area (Å²) in [6, 6.07) is 7.99. The molecule has 1 amide bonds. The minimum atomic E-state index is -0.547. The number of ether oxygens (including phenoxy) is 1. The van der Waals surface area contributed by atoms with Gasteiger partial charge in [-0.1, -0.05) is 12.1 Å². The van der Waals surface area contributed by atoms with Crippen LogP contribution in [0.4, 0.5) is 0 Å². The Morgan fingerprint density at radius 1 is 1.32 bits per heavy atom. The summed E-state index contributed by atoms with van der Waals surface area (Å²) in [5.41, 5.74) is 1.04. The highest BCUT2D eigenvalue weighted by Gasteiger charge is 2.27. The monoisotopic (exact) mass is 258 g/mol. The van der Waals surface area contributed by atoms with Gasteiger partial charge in [0.25, 0.3) is 5.91 Å². The summed E-state index contributed by atoms with van der Waals surface area (Å²) in [6.07, 6.45) is 0. The molecule has 0 saturated carbocycles. The number of Topliss-reactive ketones (excluding diaryl/α,β-unsaturated/α-hetero) is 1. The van der Waals surface area contributed by atoms with E-state index in [0.29, 0.717) is 24.3 Å². The summed E-state index contributed by atoms with van der Waals surface area (Å²) in [6.45, 7) is 2.57. The molecule has 19 heavy (non-hydrogen) atoms. The van der Waals surface area contributed by atoms with Crippen molar-refractivity contribution in [3.63, 3.8) is 0 Å². The van der Waals surface area contributed by atoms with Crippen molar-refractivity contribution in [2.45, 2.75) is 13.0 Å². The average molecular weight is 258 g/mol. The molecule has 5 nitrogen and oxygen atoms in total. The van der Waals surface area contributed by atoms with Crippen molar-refractivity contribution in [3.05, 3.63) is 35.4 Å². The molecule has 1 aliphatic heterocycles. The van der Waals surface area contributed by atoms with Crippen molar-refractivity contribution in [2.75, 3.05) is 19.8 Å². The van der Waals surface area contributed by atoms with Crippen molar-refractivity contribution in [1.82, 2.24) is 4.90 Å². The first-order valence-electron chi connectivity index (χ1n) is 6.03. The van der Waals surface area contributed by atoms with E-state index < -0.39 is 6.04 Å². The maximum absolute atomic E-state index is 12.3. The van der Waals surface area contributed by atoms with Gasteiger partial charge in [-0.15, -0.1) is 0 Å². The summed E-state index contributed by atoms with van der Waals surface area (Å²) < 4.78 is 5.18. The highest BCUT2D eigenvalue weighted by molar-refractivity contribution is 5.98. The number of nitriles is 1. The molecule has 0 aliphatic carbocycles. The Morgan fingerprint density at radius 2 is 1.95 bits per heavy atom. The molecular weight excluding hydrogens is 244 g/mol. The van der Waals surface area contributed by atoms with Crippen LogP contribution in [-0.4, -0.2) is 42.4 Å². The Morgan fingerprint density at radius 3 is 2.53 bits per heavy atom. The Hall–Kier alpha value is -2.19. The van der Waals surface area contributed by atoms with Crippen LogP contribution in [0, 0.1) is 11.3 Å². The van der Waals surface area contributed by atoms with Gasteiger partial charge < -0.3 is 9.64 Å². The second kappa shape index (κ2) is 5.63. The summed E-state index contributed by atoms with van der Waals surface area (Å²) in [5.74, 6) is -0.245. The Kier molecular flexibility index (Phi) is 3.93. The number of rotatable bonds is 2. The van der Waals surface area contributed by atoms with Gasteiger partial charge in [0.2, 0.25) is 0 Å². The SMILES string of the molecule is CC(=O)c1ccc(C(=O)N2CCOC[C@@H]2C#N)cc1. The van der Waals surface area contributed by atoms with Crippen LogP contribution in [0.25, 0.3) is 0 Å². The van der Waals surface area contributed by atoms with Crippen LogP contribution < -0.4 is 0 Å². The number of hydrogen-bond acceptors (Lipinski definition) is 4. The molecule has 0 radical (unpaired) electrons. The van der Waals surface area contributed by atoms with Gasteiger partial charge in [0.15, 0.2) is 5.78 Å². The topological polar surface area (TPSA) is 70.4 Å². The number of amides is 1. The predicted molar refractivity (Wildman–Crippen MR) is 67.7 cm³/mol. The van der Waals surface area contributed by atoms with Crippen LogP contribution >= 0.6 is 0 Å². The fourth-order valence-electron chi connectivity index (χ4n) is 1.97. The largest absolute Gasteiger partial charge is 0.376 e. The third-order valence-corrected chi connectivity index (χ3v) is 3.08. The van der Waals surface area contributed by atoms with Gasteiger partial charge in [0.05, 0.1) is 19.3 Å². The minimum absolute atomic E-state index is 0.0414. The van der Waals surface area contributed by atoms with Crippen molar-refractivity contribution < 1.29 is 14.3 Å². The predicted octanol–water partition coefficient (Wildman–Crippen LogP) is 1.25. The molecule has 98 valence electrons. The first-order chi connectivity index (χ1) is 9.13. The van der Waals surface area contributed by atoms with Gasteiger partial charge in [-0.3, -0.25) is 9.59 Å². The van der Waals surface area contributed by atoms with E-state index in [9.17, 15) is 9.59 Å². The van der Waals surface area contributed by atoms with Crippen LogP contribution in [0.1, 0.15) is 27.6 Å². The molecule has 1 saturated heterocycles. The van der Waals surface area contributed by atoms with Crippen molar-refractivity contribution in [1.29, 1.82) is 5.26 Å². The fourth-order valence-corrected chi connectivity index (χ4v) is 1.97. The highest BCUT2D eigenvalue weighted by Crippen LogP contribution is 2.13. The van der Waals surface area contributed by atoms with Gasteiger partial charge in [-0.25, -0.2) is 0 Å². The Labute approximate surface area is 111 Å². The second-order valence-electron chi connectivity index (χ2n) is 4.35. The van der Waals surface area contributed by atoms with E-state index in [-0.39, 0.29) is 18.3 Å². The van der Waals surface area contributed by atoms with E-state index in [1.165, 1.54) is 11.8 Å². The van der Waals surface area contributed by atoms with E-state index in [1.54, 1.807) is 24.3 Å². The molecule has 0 aromatic heterocycles. The molecule has 0 N–H and O–H groups in total. The maximum Gasteiger partial charge on any atom is 0.255 e. The van der Waals surface area contributed by atoms with Gasteiger partial charge in [-0.2, -0.15) is 5.26 Å². The molecule has 1 aromatic rings. The zero-order valence-corrected chi connectivity index (χ0v) is 10.6. The standard InChI is InChI=1S/C14H14N2O3/c1-10(17)11-2-4-12(5-3-11)14(18)16-6-7-19-9-13(16)8-15/h2-5,13H,6-7,9H2,1H3/t13-/m0/s1. The smallest absolute Gasteiger partial charge is 0.255 e. The number of nitrogens with zero attached hydrogens (tertiary/aromatic N) is 2. The van der Waals surface area contributed by atoms with E-state index in [1.807, 2.05) is 0 Å². The van der Waals surface area contributed by atoms with Crippen molar-refractivity contribution >= 4 is 11.7 Å². The molecule has 1 aromatic carbocycles. The van der Waals surface area contributed by atoms with Gasteiger partial charge >= 0.3 is 0 Å². The van der Waals surface area contributed by atoms with E-state index in [0.717, 1.165) is 0 Å². The van der Waals surface area contributed by atoms with Crippen LogP contribution in [0.5, 0.6) is 0 Å². The molecule has 1 aliphatic rings. The molecule has 1 fully saturated rings. The summed E-state index contributed by atoms with van der Waals surface area (Å²) in [4.78, 5) is 25.0. The highest BCUT2D eigenvalue weighted by atomic mass is 16.5. The lowest BCUT2D eigenvalue weighted by Crippen LogP contribution is -2.47. The number of carbonyl (C=O) groups is 2. The van der Waals surface area contributed by atoms with Gasteiger partial charge in [0, 0.05) is 17.7 Å². The molecule has 0 unspecified atom stereocenters. The summed E-state index contributed by atoms with van der Waals surface area (Å²) in [7, 11) is 0. The maximum atomic E-state index is 12.3. The molecule has 0 bridgehead atoms. The van der Waals surface area contributed by atoms with Gasteiger partial charge in [-0.05, 0) is 19.1 Å². The van der Waals surface area contributed by atoms with Crippen LogP contribution in [0.3, 0.4) is 0 Å². The normalized spacial score (nSPS) is 18.7. The molecule has 0 spiro atoms. The molecule has 1 heterocycles. The summed E-state index contributed by atoms with van der Waals surface area (Å²) >= 11 is 0. The van der Waals surface area contributed by atoms with Crippen molar-refractivity contribution in [3.8, 4) is 6.07 Å². The molecule has 2 rings (SSSR count). The van der Waals surface area contributed by atoms with Crippen molar-refractivity contribution in [2.24, 2.45) is 0 Å². The zero-order valence-electron chi connectivity index (χ0n) is 10.6. The first kappa shape index (κ1) is 13.2. The Balaban J connectivity index is 2.19. The van der Waals surface area contributed by atoms with Gasteiger partial charge in [0.1, 0.15) is 6.04 Å². The third kappa shape index (κ3) is 2.80. The Bertz CT molecular complexity index is 531. The quantitative estimate of drug-likeness (QED) is 0.749. The minimum Gasteiger partial charge on any atom is -0.376 e. The number of morpholine rings is 1. The van der Waals surface area contributed by atoms with E-state index >= 15 is 0 Å². The number of benzene rings is 1. The lowest BCUT2D eigenvalue weighted by molar-refractivity contribution is 0.0132. The molecular formula is C14H14N2O3. The first-order valence-corrected chi connectivity index (χ1v) is 6.03. The third-order valence-electron chi connectivity index (χ3n) is 3.08. The number of ketones is 1. The summed E-state index contributed by atoms with van der Waals surface area (Å²) in [5, 5.41) is 9.01. The second-order valence-corrected chi connectivity index (χ2v) is 4.35. The number of carbonyl (C=O) groups excluding carboxylic acids is 2. The fraction of sp³-hybridized carbons (Fsp3) is 0.357. The molecule has 1 atom stereocenters. The van der Waals surface area contributed by atoms with Crippen LogP contribution in [0.2, 0.25) is 0 Å². The van der Waals surface area contributed by atoms with E-state index in [2.05, 4.69) is 6.07 Å². The van der Waals surface area contributed by atoms with Crippen LogP contribution in [-0.2, 0) is 4.74 Å². The molecule has 5 heteroatoms. The lowest BCUT2D eigenvalue weighted by Gasteiger charge is -2.31. The average Bonchev–Trinajstić information content (AvgIpc) is 2.46. The zero-order chi connectivity index (χ0) is 13.8. The van der Waals surface area contributed by atoms with Crippen LogP contribution in [0.15, 0.2) is 24.3 Å². The lowest BCUT2D eigenvalue weighted by atomic mass is 10.1. The van der Waals surface area contributed by atoms with E-state index in [4.69, 9.17) is 10.00 Å². The number of hydrogen-bond donors (Lipinski definition) is 0.